The fraction of sp³-hybridized carbons (Fsp3) is 0.259. The highest BCUT2D eigenvalue weighted by Crippen LogP contribution is 2.16. The van der Waals surface area contributed by atoms with E-state index in [0.29, 0.717) is 37.4 Å². The van der Waals surface area contributed by atoms with Gasteiger partial charge in [-0.05, 0) is 41.8 Å². The van der Waals surface area contributed by atoms with Gasteiger partial charge < -0.3 is 4.74 Å². The van der Waals surface area contributed by atoms with E-state index in [1.807, 2.05) is 43.3 Å². The molecule has 160 valence electrons. The number of ketones is 1. The highest BCUT2D eigenvalue weighted by atomic mass is 16.5. The number of carbonyl (C=O) groups is 2. The topological polar surface area (TPSA) is 46.6 Å². The Balaban J connectivity index is 1.65. The van der Waals surface area contributed by atoms with Crippen LogP contribution in [0.5, 0.6) is 5.75 Å². The molecular weight excluding hydrogens is 386 g/mol. The van der Waals surface area contributed by atoms with Crippen LogP contribution in [0.4, 0.5) is 0 Å². The van der Waals surface area contributed by atoms with Crippen LogP contribution in [0.3, 0.4) is 0 Å². The van der Waals surface area contributed by atoms with E-state index in [9.17, 15) is 9.59 Å². The summed E-state index contributed by atoms with van der Waals surface area (Å²) in [7, 11) is 0. The molecule has 3 aromatic rings. The maximum atomic E-state index is 13.0. The lowest BCUT2D eigenvalue weighted by molar-refractivity contribution is -0.134. The van der Waals surface area contributed by atoms with Crippen molar-refractivity contribution >= 4 is 11.8 Å². The molecule has 0 radical (unpaired) electrons. The minimum absolute atomic E-state index is 0.0377. The van der Waals surface area contributed by atoms with Crippen molar-refractivity contribution in [2.24, 2.45) is 0 Å². The number of esters is 1. The average Bonchev–Trinajstić information content (AvgIpc) is 2.79. The van der Waals surface area contributed by atoms with Crippen molar-refractivity contribution in [2.75, 3.05) is 6.54 Å². The minimum atomic E-state index is -0.238. The lowest BCUT2D eigenvalue weighted by atomic mass is 10.1. The second-order valence-electron chi connectivity index (χ2n) is 7.64. The number of ether oxygens (including phenoxy) is 1. The summed E-state index contributed by atoms with van der Waals surface area (Å²) in [6, 6.07) is 27.2. The Morgan fingerprint density at radius 1 is 0.774 bits per heavy atom. The van der Waals surface area contributed by atoms with E-state index in [0.717, 1.165) is 12.8 Å². The molecule has 0 aromatic heterocycles. The van der Waals surface area contributed by atoms with Gasteiger partial charge in [0, 0.05) is 25.1 Å². The van der Waals surface area contributed by atoms with Crippen LogP contribution in [0.15, 0.2) is 84.9 Å². The fourth-order valence-electron chi connectivity index (χ4n) is 3.36. The smallest absolute Gasteiger partial charge is 0.311 e. The zero-order valence-corrected chi connectivity index (χ0v) is 18.0. The molecule has 4 heteroatoms. The van der Waals surface area contributed by atoms with E-state index >= 15 is 0 Å². The van der Waals surface area contributed by atoms with E-state index in [2.05, 4.69) is 29.2 Å². The predicted molar refractivity (Wildman–Crippen MR) is 123 cm³/mol. The third-order valence-corrected chi connectivity index (χ3v) is 5.01. The van der Waals surface area contributed by atoms with Gasteiger partial charge in [-0.3, -0.25) is 14.5 Å². The van der Waals surface area contributed by atoms with E-state index < -0.39 is 0 Å². The third kappa shape index (κ3) is 7.50. The van der Waals surface area contributed by atoms with Crippen LogP contribution in [0.2, 0.25) is 0 Å². The molecule has 0 aliphatic rings. The van der Waals surface area contributed by atoms with Crippen molar-refractivity contribution in [2.45, 2.75) is 39.3 Å². The molecule has 0 atom stereocenters. The first-order valence-corrected chi connectivity index (χ1v) is 10.8. The normalized spacial score (nSPS) is 10.8. The fourth-order valence-corrected chi connectivity index (χ4v) is 3.36. The molecule has 3 rings (SSSR count). The minimum Gasteiger partial charge on any atom is -0.427 e. The molecule has 0 spiro atoms. The Morgan fingerprint density at radius 2 is 1.32 bits per heavy atom. The number of hydrogen-bond donors (Lipinski definition) is 0. The van der Waals surface area contributed by atoms with Crippen LogP contribution >= 0.6 is 0 Å². The van der Waals surface area contributed by atoms with Crippen LogP contribution in [-0.4, -0.2) is 23.2 Å². The van der Waals surface area contributed by atoms with Crippen molar-refractivity contribution in [1.82, 2.24) is 4.90 Å². The molecule has 0 N–H and O–H groups in total. The number of Topliss-reactive ketones (excluding diaryl/α,β-unsaturated/α-hetero) is 1. The van der Waals surface area contributed by atoms with Crippen LogP contribution in [0.1, 0.15) is 47.7 Å². The number of benzene rings is 3. The Hall–Kier alpha value is -3.24. The molecule has 0 bridgehead atoms. The molecule has 0 amide bonds. The molecule has 0 aliphatic carbocycles. The molecule has 3 aromatic carbocycles. The maximum Gasteiger partial charge on any atom is 0.311 e. The zero-order chi connectivity index (χ0) is 21.9. The Kier molecular flexibility index (Phi) is 8.56. The first-order chi connectivity index (χ1) is 15.1. The lowest BCUT2D eigenvalue weighted by Crippen LogP contribution is -2.29. The van der Waals surface area contributed by atoms with Gasteiger partial charge in [-0.25, -0.2) is 0 Å². The molecular formula is C27H29NO3. The second-order valence-corrected chi connectivity index (χ2v) is 7.64. The van der Waals surface area contributed by atoms with Gasteiger partial charge in [0.1, 0.15) is 5.75 Å². The highest BCUT2D eigenvalue weighted by molar-refractivity contribution is 5.97. The standard InChI is InChI=1S/C27H29NO3/c1-2-3-14-27(30)31-25-17-15-24(16-18-25)26(29)21-28(19-22-10-6-4-7-11-22)20-23-12-8-5-9-13-23/h4-13,15-18H,2-3,14,19-21H2,1H3. The SMILES string of the molecule is CCCCC(=O)Oc1ccc(C(=O)CN(Cc2ccccc2)Cc2ccccc2)cc1. The molecule has 0 unspecified atom stereocenters. The maximum absolute atomic E-state index is 13.0. The molecule has 31 heavy (non-hydrogen) atoms. The lowest BCUT2D eigenvalue weighted by Gasteiger charge is -2.22. The molecule has 0 aliphatic heterocycles. The van der Waals surface area contributed by atoms with E-state index in [-0.39, 0.29) is 11.8 Å². The average molecular weight is 416 g/mol. The van der Waals surface area contributed by atoms with E-state index in [1.54, 1.807) is 24.3 Å². The van der Waals surface area contributed by atoms with Gasteiger partial charge in [-0.2, -0.15) is 0 Å². The highest BCUT2D eigenvalue weighted by Gasteiger charge is 2.14. The van der Waals surface area contributed by atoms with Crippen LogP contribution in [-0.2, 0) is 17.9 Å². The third-order valence-electron chi connectivity index (χ3n) is 5.01. The summed E-state index contributed by atoms with van der Waals surface area (Å²) >= 11 is 0. The molecule has 0 heterocycles. The molecule has 0 saturated heterocycles. The Morgan fingerprint density at radius 3 is 1.84 bits per heavy atom. The summed E-state index contributed by atoms with van der Waals surface area (Å²) in [5, 5.41) is 0. The Labute approximate surface area is 184 Å². The van der Waals surface area contributed by atoms with Gasteiger partial charge >= 0.3 is 5.97 Å². The summed E-state index contributed by atoms with van der Waals surface area (Å²) in [4.78, 5) is 26.9. The second kappa shape index (κ2) is 11.8. The van der Waals surface area contributed by atoms with Crippen molar-refractivity contribution < 1.29 is 14.3 Å². The summed E-state index contributed by atoms with van der Waals surface area (Å²) < 4.78 is 5.33. The summed E-state index contributed by atoms with van der Waals surface area (Å²) in [5.74, 6) is 0.275. The van der Waals surface area contributed by atoms with Gasteiger partial charge in [0.15, 0.2) is 5.78 Å². The summed E-state index contributed by atoms with van der Waals surface area (Å²) in [6.45, 7) is 3.72. The first kappa shape index (κ1) is 22.4. The molecule has 4 nitrogen and oxygen atoms in total. The number of nitrogens with zero attached hydrogens (tertiary/aromatic N) is 1. The van der Waals surface area contributed by atoms with Crippen molar-refractivity contribution in [3.63, 3.8) is 0 Å². The zero-order valence-electron chi connectivity index (χ0n) is 18.0. The Bertz CT molecular complexity index is 911. The first-order valence-electron chi connectivity index (χ1n) is 10.8. The van der Waals surface area contributed by atoms with Gasteiger partial charge in [-0.1, -0.05) is 74.0 Å². The number of carbonyl (C=O) groups excluding carboxylic acids is 2. The summed E-state index contributed by atoms with van der Waals surface area (Å²) in [6.07, 6.45) is 2.17. The van der Waals surface area contributed by atoms with Crippen LogP contribution in [0.25, 0.3) is 0 Å². The quantitative estimate of drug-likeness (QED) is 0.230. The number of rotatable bonds is 11. The van der Waals surface area contributed by atoms with Gasteiger partial charge in [0.05, 0.1) is 6.54 Å². The largest absolute Gasteiger partial charge is 0.427 e. The van der Waals surface area contributed by atoms with E-state index in [1.165, 1.54) is 11.1 Å². The van der Waals surface area contributed by atoms with Crippen LogP contribution in [0, 0.1) is 0 Å². The van der Waals surface area contributed by atoms with Crippen LogP contribution < -0.4 is 4.74 Å². The van der Waals surface area contributed by atoms with E-state index in [4.69, 9.17) is 4.74 Å². The molecule has 0 saturated carbocycles. The number of hydrogen-bond acceptors (Lipinski definition) is 4. The van der Waals surface area contributed by atoms with Gasteiger partial charge in [0.2, 0.25) is 0 Å². The predicted octanol–water partition coefficient (Wildman–Crippen LogP) is 5.67. The number of unbranched alkanes of at least 4 members (excludes halogenated alkanes) is 1. The van der Waals surface area contributed by atoms with Crippen molar-refractivity contribution in [3.8, 4) is 5.75 Å². The van der Waals surface area contributed by atoms with Gasteiger partial charge in [-0.15, -0.1) is 0 Å². The van der Waals surface area contributed by atoms with Crippen molar-refractivity contribution in [1.29, 1.82) is 0 Å². The molecule has 0 fully saturated rings. The monoisotopic (exact) mass is 415 g/mol. The van der Waals surface area contributed by atoms with Crippen molar-refractivity contribution in [3.05, 3.63) is 102 Å². The van der Waals surface area contributed by atoms with Gasteiger partial charge in [0.25, 0.3) is 0 Å². The summed E-state index contributed by atoms with van der Waals surface area (Å²) in [5.41, 5.74) is 2.95.